The number of nitrogens with zero attached hydrogens (tertiary/aromatic N) is 3. The number of allylic oxidation sites excluding steroid dienone is 1. The van der Waals surface area contributed by atoms with Gasteiger partial charge in [-0.3, -0.25) is 14.4 Å². The van der Waals surface area contributed by atoms with E-state index in [4.69, 9.17) is 14.3 Å². The number of likely N-dealkylation sites (N-methyl/N-ethyl adjacent to an activating group) is 1. The van der Waals surface area contributed by atoms with Gasteiger partial charge < -0.3 is 40.1 Å². The van der Waals surface area contributed by atoms with Gasteiger partial charge in [0.2, 0.25) is 5.91 Å². The topological polar surface area (TPSA) is 136 Å². The van der Waals surface area contributed by atoms with Crippen LogP contribution in [0.5, 0.6) is 5.75 Å². The number of hydrogen-bond donors (Lipinski definition) is 4. The molecule has 2 bridgehead atoms. The lowest BCUT2D eigenvalue weighted by Gasteiger charge is -2.52. The molecule has 0 spiro atoms. The number of carbonyl (C=O) groups is 2. The van der Waals surface area contributed by atoms with Gasteiger partial charge in [-0.25, -0.2) is 0 Å². The van der Waals surface area contributed by atoms with Crippen LogP contribution in [0.1, 0.15) is 54.3 Å². The van der Waals surface area contributed by atoms with Crippen LogP contribution in [0.25, 0.3) is 11.1 Å². The van der Waals surface area contributed by atoms with Gasteiger partial charge in [0.1, 0.15) is 24.0 Å². The van der Waals surface area contributed by atoms with Crippen molar-refractivity contribution < 1.29 is 34.1 Å². The number of methoxy groups -OCH3 is 2. The zero-order chi connectivity index (χ0) is 41.1. The van der Waals surface area contributed by atoms with Crippen molar-refractivity contribution in [2.75, 3.05) is 60.5 Å². The van der Waals surface area contributed by atoms with Crippen molar-refractivity contribution in [3.63, 3.8) is 0 Å². The zero-order valence-electron chi connectivity index (χ0n) is 34.6. The Morgan fingerprint density at radius 2 is 1.77 bits per heavy atom. The predicted octanol–water partition coefficient (Wildman–Crippen LogP) is 4.67. The third kappa shape index (κ3) is 8.91. The number of carbonyl (C=O) groups excluding carboxylic acids is 2. The number of ether oxygens (including phenoxy) is 2. The van der Waals surface area contributed by atoms with Crippen molar-refractivity contribution in [2.24, 2.45) is 23.7 Å². The van der Waals surface area contributed by atoms with Gasteiger partial charge in [0, 0.05) is 62.1 Å². The number of anilines is 1. The summed E-state index contributed by atoms with van der Waals surface area (Å²) in [6.07, 6.45) is -0.111. The molecule has 1 heterocycles. The summed E-state index contributed by atoms with van der Waals surface area (Å²) >= 11 is 0. The van der Waals surface area contributed by atoms with Gasteiger partial charge in [0.25, 0.3) is 5.91 Å². The Labute approximate surface area is 337 Å². The van der Waals surface area contributed by atoms with E-state index in [-0.39, 0.29) is 49.1 Å². The van der Waals surface area contributed by atoms with Crippen LogP contribution in [0.4, 0.5) is 5.69 Å². The summed E-state index contributed by atoms with van der Waals surface area (Å²) in [6, 6.07) is 20.2. The molecular formula is C45H61N5O7. The van der Waals surface area contributed by atoms with Crippen molar-refractivity contribution in [3.8, 4) is 16.9 Å². The van der Waals surface area contributed by atoms with Gasteiger partial charge in [-0.2, -0.15) is 5.06 Å². The number of para-hydroxylation sites is 1. The van der Waals surface area contributed by atoms with Gasteiger partial charge in [0.15, 0.2) is 0 Å². The van der Waals surface area contributed by atoms with Gasteiger partial charge in [-0.05, 0) is 80.9 Å². The summed E-state index contributed by atoms with van der Waals surface area (Å²) < 4.78 is 12.1. The SMILES string of the molecule is C=C1[C@H]2C[C@H](NC(=O)[C@@H]3[C@H]([C@H](C)O)[C@H](CO)ON3Cc3cccc(-c4cc(C(=O)N[C@H](CN(C)C)[C@H](OC)c5ccccc5)cc(N(C)C)c4)c3OC)[C@@H](C)[C@@H]1C2. The molecule has 4 fully saturated rings. The molecule has 0 aromatic heterocycles. The Balaban J connectivity index is 1.30. The van der Waals surface area contributed by atoms with E-state index >= 15 is 0 Å². The smallest absolute Gasteiger partial charge is 0.251 e. The highest BCUT2D eigenvalue weighted by molar-refractivity contribution is 5.97. The van der Waals surface area contributed by atoms with Crippen LogP contribution in [-0.4, -0.2) is 118 Å². The van der Waals surface area contributed by atoms with Crippen molar-refractivity contribution in [1.82, 2.24) is 20.6 Å². The first kappa shape index (κ1) is 42.3. The zero-order valence-corrected chi connectivity index (χ0v) is 34.6. The number of aliphatic hydroxyl groups excluding tert-OH is 2. The third-order valence-corrected chi connectivity index (χ3v) is 12.3. The molecule has 1 aliphatic heterocycles. The van der Waals surface area contributed by atoms with Crippen molar-refractivity contribution in [3.05, 3.63) is 95.6 Å². The molecule has 4 N–H and O–H groups in total. The fraction of sp³-hybridized carbons (Fsp3) is 0.511. The van der Waals surface area contributed by atoms with E-state index in [1.165, 1.54) is 5.57 Å². The van der Waals surface area contributed by atoms with Crippen LogP contribution in [0.2, 0.25) is 0 Å². The normalized spacial score (nSPS) is 26.0. The van der Waals surface area contributed by atoms with E-state index in [9.17, 15) is 19.8 Å². The summed E-state index contributed by atoms with van der Waals surface area (Å²) in [5, 5.41) is 29.5. The molecule has 10 atom stereocenters. The number of hydroxylamine groups is 2. The van der Waals surface area contributed by atoms with E-state index in [0.29, 0.717) is 29.7 Å². The minimum atomic E-state index is -0.921. The van der Waals surface area contributed by atoms with E-state index in [1.807, 2.05) is 105 Å². The second kappa shape index (κ2) is 18.1. The van der Waals surface area contributed by atoms with E-state index in [0.717, 1.165) is 40.8 Å². The van der Waals surface area contributed by atoms with Gasteiger partial charge in [0.05, 0.1) is 32.4 Å². The number of hydrogen-bond acceptors (Lipinski definition) is 10. The maximum Gasteiger partial charge on any atom is 0.251 e. The molecule has 2 amide bonds. The predicted molar refractivity (Wildman–Crippen MR) is 222 cm³/mol. The summed E-state index contributed by atoms with van der Waals surface area (Å²) in [4.78, 5) is 38.7. The van der Waals surface area contributed by atoms with Crippen molar-refractivity contribution in [1.29, 1.82) is 0 Å². The Morgan fingerprint density at radius 3 is 2.37 bits per heavy atom. The molecule has 1 saturated heterocycles. The second-order valence-corrected chi connectivity index (χ2v) is 16.6. The van der Waals surface area contributed by atoms with E-state index in [1.54, 1.807) is 26.2 Å². The molecule has 3 aliphatic carbocycles. The Bertz CT molecular complexity index is 1890. The quantitative estimate of drug-likeness (QED) is 0.152. The fourth-order valence-corrected chi connectivity index (χ4v) is 9.23. The Hall–Kier alpha value is -4.30. The Kier molecular flexibility index (Phi) is 13.4. The minimum absolute atomic E-state index is 0.0125. The minimum Gasteiger partial charge on any atom is -0.496 e. The lowest BCUT2D eigenvalue weighted by molar-refractivity contribution is -0.182. The standard InChI is InChI=1S/C45H61N5O7/c1-26-31-21-36(26)27(2)37(22-31)46-45(54)41-40(28(3)52)39(25-51)57-50(41)23-30-16-13-17-35(42(30)55-8)32-18-33(20-34(19-32)49(6)7)44(53)47-38(24-48(4)5)43(56-9)29-14-11-10-12-15-29/h10-20,27-28,31,36-41,43,51-52H,1,21-25H2,2-9H3,(H,46,54)(H,47,53)/t27-,28-,31+,36+,37-,38+,39-,40+,41-,43+/m0/s1. The molecule has 3 aromatic carbocycles. The highest BCUT2D eigenvalue weighted by Crippen LogP contribution is 2.52. The molecule has 4 aliphatic rings. The monoisotopic (exact) mass is 783 g/mol. The lowest BCUT2D eigenvalue weighted by Crippen LogP contribution is -2.57. The molecule has 7 rings (SSSR count). The number of rotatable bonds is 16. The first-order valence-electron chi connectivity index (χ1n) is 20.0. The molecule has 308 valence electrons. The number of nitrogens with one attached hydrogen (secondary N) is 2. The van der Waals surface area contributed by atoms with Crippen LogP contribution >= 0.6 is 0 Å². The summed E-state index contributed by atoms with van der Waals surface area (Å²) in [5.41, 5.74) is 5.79. The maximum absolute atomic E-state index is 14.2. The van der Waals surface area contributed by atoms with Crippen molar-refractivity contribution in [2.45, 2.75) is 69.7 Å². The van der Waals surface area contributed by atoms with Crippen LogP contribution in [0, 0.1) is 23.7 Å². The van der Waals surface area contributed by atoms with Crippen LogP contribution in [-0.2, 0) is 20.9 Å². The largest absolute Gasteiger partial charge is 0.496 e. The van der Waals surface area contributed by atoms with Crippen molar-refractivity contribution >= 4 is 17.5 Å². The van der Waals surface area contributed by atoms with Crippen LogP contribution in [0.3, 0.4) is 0 Å². The van der Waals surface area contributed by atoms with Gasteiger partial charge >= 0.3 is 0 Å². The average Bonchev–Trinajstić information content (AvgIpc) is 3.57. The molecule has 3 aromatic rings. The molecule has 12 heteroatoms. The number of fused-ring (bicyclic) bond motifs is 2. The van der Waals surface area contributed by atoms with E-state index in [2.05, 4.69) is 24.1 Å². The third-order valence-electron chi connectivity index (χ3n) is 12.3. The van der Waals surface area contributed by atoms with E-state index < -0.39 is 24.2 Å². The maximum atomic E-state index is 14.2. The van der Waals surface area contributed by atoms with Crippen LogP contribution < -0.4 is 20.3 Å². The molecule has 0 unspecified atom stereocenters. The summed E-state index contributed by atoms with van der Waals surface area (Å²) in [7, 11) is 11.0. The van der Waals surface area contributed by atoms with Gasteiger partial charge in [-0.15, -0.1) is 0 Å². The highest BCUT2D eigenvalue weighted by Gasteiger charge is 2.52. The highest BCUT2D eigenvalue weighted by atomic mass is 16.7. The first-order chi connectivity index (χ1) is 27.3. The fourth-order valence-electron chi connectivity index (χ4n) is 9.23. The molecule has 57 heavy (non-hydrogen) atoms. The lowest BCUT2D eigenvalue weighted by atomic mass is 9.56. The molecule has 0 radical (unpaired) electrons. The number of benzene rings is 3. The first-order valence-corrected chi connectivity index (χ1v) is 20.0. The Morgan fingerprint density at radius 1 is 1.04 bits per heavy atom. The van der Waals surface area contributed by atoms with Crippen LogP contribution in [0.15, 0.2) is 78.9 Å². The summed E-state index contributed by atoms with van der Waals surface area (Å²) in [6.45, 7) is 8.41. The average molecular weight is 784 g/mol. The molecular weight excluding hydrogens is 723 g/mol. The number of amides is 2. The number of aliphatic hydroxyl groups is 2. The van der Waals surface area contributed by atoms with Gasteiger partial charge in [-0.1, -0.05) is 67.6 Å². The second-order valence-electron chi connectivity index (χ2n) is 16.6. The summed E-state index contributed by atoms with van der Waals surface area (Å²) in [5.74, 6) is 0.493. The molecule has 3 saturated carbocycles. The molecule has 12 nitrogen and oxygen atoms in total.